The molecule has 0 saturated carbocycles. The van der Waals surface area contributed by atoms with E-state index in [1.54, 1.807) is 25.6 Å². The Morgan fingerprint density at radius 2 is 2.17 bits per heavy atom. The molecule has 18 heavy (non-hydrogen) atoms. The van der Waals surface area contributed by atoms with E-state index >= 15 is 0 Å². The van der Waals surface area contributed by atoms with Crippen LogP contribution in [0, 0.1) is 0 Å². The topological polar surface area (TPSA) is 57.4 Å². The minimum absolute atomic E-state index is 0.626. The maximum absolute atomic E-state index is 5.89. The zero-order valence-corrected chi connectivity index (χ0v) is 11.3. The normalized spacial score (nSPS) is 10.6. The van der Waals surface area contributed by atoms with Crippen LogP contribution in [-0.2, 0) is 11.2 Å². The van der Waals surface area contributed by atoms with Gasteiger partial charge in [0, 0.05) is 24.5 Å². The van der Waals surface area contributed by atoms with Gasteiger partial charge in [-0.2, -0.15) is 0 Å². The monoisotopic (exact) mass is 264 g/mol. The lowest BCUT2D eigenvalue weighted by Gasteiger charge is -2.05. The minimum atomic E-state index is 0.626. The number of nitrogens with two attached hydrogens (primary N) is 1. The molecule has 2 N–H and O–H groups in total. The molecule has 2 aromatic rings. The van der Waals surface area contributed by atoms with Gasteiger partial charge in [-0.05, 0) is 18.2 Å². The lowest BCUT2D eigenvalue weighted by Crippen LogP contribution is -1.94. The number of methoxy groups -OCH3 is 2. The summed E-state index contributed by atoms with van der Waals surface area (Å²) in [5, 5.41) is 3.10. The van der Waals surface area contributed by atoms with Crippen molar-refractivity contribution < 1.29 is 9.47 Å². The lowest BCUT2D eigenvalue weighted by atomic mass is 10.1. The molecule has 96 valence electrons. The van der Waals surface area contributed by atoms with E-state index in [4.69, 9.17) is 15.2 Å². The summed E-state index contributed by atoms with van der Waals surface area (Å²) in [6, 6.07) is 5.71. The van der Waals surface area contributed by atoms with Crippen LogP contribution in [0.4, 0.5) is 5.69 Å². The molecule has 0 amide bonds. The summed E-state index contributed by atoms with van der Waals surface area (Å²) in [5.41, 5.74) is 8.47. The van der Waals surface area contributed by atoms with E-state index in [1.165, 1.54) is 0 Å². The second kappa shape index (κ2) is 5.84. The summed E-state index contributed by atoms with van der Waals surface area (Å²) in [5.74, 6) is 0.689. The molecule has 0 radical (unpaired) electrons. The van der Waals surface area contributed by atoms with Gasteiger partial charge in [0.05, 0.1) is 30.1 Å². The molecule has 0 aliphatic carbocycles. The van der Waals surface area contributed by atoms with E-state index in [1.807, 2.05) is 23.6 Å². The number of nitrogens with zero attached hydrogens (tertiary/aromatic N) is 1. The molecule has 1 aromatic carbocycles. The van der Waals surface area contributed by atoms with Gasteiger partial charge in [-0.1, -0.05) is 0 Å². The molecule has 1 aromatic heterocycles. The third-order valence-corrected chi connectivity index (χ3v) is 3.51. The Morgan fingerprint density at radius 3 is 2.83 bits per heavy atom. The first kappa shape index (κ1) is 12.9. The van der Waals surface area contributed by atoms with Gasteiger partial charge in [-0.3, -0.25) is 0 Å². The van der Waals surface area contributed by atoms with Gasteiger partial charge in [0.15, 0.2) is 0 Å². The number of thiazole rings is 1. The van der Waals surface area contributed by atoms with E-state index in [0.717, 1.165) is 22.7 Å². The number of anilines is 1. The first-order chi connectivity index (χ1) is 8.74. The van der Waals surface area contributed by atoms with E-state index in [-0.39, 0.29) is 0 Å². The minimum Gasteiger partial charge on any atom is -0.495 e. The SMILES string of the molecule is COCCc1nc(-c2ccc(OC)c(N)c2)cs1. The second-order valence-corrected chi connectivity index (χ2v) is 4.77. The maximum Gasteiger partial charge on any atom is 0.141 e. The fraction of sp³-hybridized carbons (Fsp3) is 0.308. The molecule has 0 spiro atoms. The fourth-order valence-corrected chi connectivity index (χ4v) is 2.43. The van der Waals surface area contributed by atoms with Crippen LogP contribution in [0.15, 0.2) is 23.6 Å². The first-order valence-corrected chi connectivity index (χ1v) is 6.49. The Morgan fingerprint density at radius 1 is 1.33 bits per heavy atom. The van der Waals surface area contributed by atoms with Gasteiger partial charge in [0.1, 0.15) is 5.75 Å². The highest BCUT2D eigenvalue weighted by Gasteiger charge is 2.07. The molecule has 0 fully saturated rings. The zero-order valence-electron chi connectivity index (χ0n) is 10.5. The van der Waals surface area contributed by atoms with Crippen molar-refractivity contribution in [3.8, 4) is 17.0 Å². The second-order valence-electron chi connectivity index (χ2n) is 3.83. The van der Waals surface area contributed by atoms with Crippen molar-refractivity contribution in [3.05, 3.63) is 28.6 Å². The first-order valence-electron chi connectivity index (χ1n) is 5.62. The quantitative estimate of drug-likeness (QED) is 0.843. The van der Waals surface area contributed by atoms with E-state index in [0.29, 0.717) is 18.0 Å². The van der Waals surface area contributed by atoms with Crippen molar-refractivity contribution in [2.45, 2.75) is 6.42 Å². The average molecular weight is 264 g/mol. The summed E-state index contributed by atoms with van der Waals surface area (Å²) in [7, 11) is 3.30. The van der Waals surface area contributed by atoms with Crippen molar-refractivity contribution in [1.82, 2.24) is 4.98 Å². The van der Waals surface area contributed by atoms with Crippen LogP contribution in [-0.4, -0.2) is 25.8 Å². The largest absolute Gasteiger partial charge is 0.495 e. The van der Waals surface area contributed by atoms with Gasteiger partial charge in [-0.15, -0.1) is 11.3 Å². The number of benzene rings is 1. The molecular formula is C13H16N2O2S. The van der Waals surface area contributed by atoms with E-state index in [9.17, 15) is 0 Å². The number of aromatic nitrogens is 1. The van der Waals surface area contributed by atoms with E-state index in [2.05, 4.69) is 4.98 Å². The third-order valence-electron chi connectivity index (χ3n) is 2.60. The maximum atomic E-state index is 5.89. The Kier molecular flexibility index (Phi) is 4.17. The Labute approximate surface area is 110 Å². The summed E-state index contributed by atoms with van der Waals surface area (Å²) in [6.45, 7) is 0.692. The predicted octanol–water partition coefficient (Wildman–Crippen LogP) is 2.59. The van der Waals surface area contributed by atoms with Crippen molar-refractivity contribution in [1.29, 1.82) is 0 Å². The molecule has 0 saturated heterocycles. The van der Waals surface area contributed by atoms with Crippen molar-refractivity contribution in [2.24, 2.45) is 0 Å². The van der Waals surface area contributed by atoms with Crippen LogP contribution >= 0.6 is 11.3 Å². The molecule has 5 heteroatoms. The molecule has 2 rings (SSSR count). The van der Waals surface area contributed by atoms with Crippen molar-refractivity contribution in [3.63, 3.8) is 0 Å². The van der Waals surface area contributed by atoms with Crippen LogP contribution in [0.5, 0.6) is 5.75 Å². The molecule has 0 bridgehead atoms. The van der Waals surface area contributed by atoms with Gasteiger partial charge < -0.3 is 15.2 Å². The summed E-state index contributed by atoms with van der Waals surface area (Å²) in [4.78, 5) is 4.56. The highest BCUT2D eigenvalue weighted by Crippen LogP contribution is 2.29. The molecule has 4 nitrogen and oxygen atoms in total. The lowest BCUT2D eigenvalue weighted by molar-refractivity contribution is 0.202. The standard InChI is InChI=1S/C13H16N2O2S/c1-16-6-5-13-15-11(8-18-13)9-3-4-12(17-2)10(14)7-9/h3-4,7-8H,5-6,14H2,1-2H3. The number of hydrogen-bond acceptors (Lipinski definition) is 5. The van der Waals surface area contributed by atoms with E-state index < -0.39 is 0 Å². The molecule has 1 heterocycles. The summed E-state index contributed by atoms with van der Waals surface area (Å²) < 4.78 is 10.2. The van der Waals surface area contributed by atoms with Gasteiger partial charge in [0.2, 0.25) is 0 Å². The smallest absolute Gasteiger partial charge is 0.141 e. The van der Waals surface area contributed by atoms with Gasteiger partial charge in [0.25, 0.3) is 0 Å². The number of ether oxygens (including phenoxy) is 2. The third kappa shape index (κ3) is 2.80. The fourth-order valence-electron chi connectivity index (χ4n) is 1.64. The Bertz CT molecular complexity index is 525. The number of hydrogen-bond donors (Lipinski definition) is 1. The van der Waals surface area contributed by atoms with Crippen LogP contribution in [0.2, 0.25) is 0 Å². The average Bonchev–Trinajstić information content (AvgIpc) is 2.85. The Balaban J connectivity index is 2.20. The molecular weight excluding hydrogens is 248 g/mol. The highest BCUT2D eigenvalue weighted by atomic mass is 32.1. The zero-order chi connectivity index (χ0) is 13.0. The molecule has 0 unspecified atom stereocenters. The van der Waals surface area contributed by atoms with Crippen LogP contribution < -0.4 is 10.5 Å². The molecule has 0 aliphatic rings. The molecule has 0 atom stereocenters. The van der Waals surface area contributed by atoms with Gasteiger partial charge in [-0.25, -0.2) is 4.98 Å². The van der Waals surface area contributed by atoms with Crippen molar-refractivity contribution in [2.75, 3.05) is 26.6 Å². The highest BCUT2D eigenvalue weighted by molar-refractivity contribution is 7.09. The number of nitrogen functional groups attached to an aromatic ring is 1. The predicted molar refractivity (Wildman–Crippen MR) is 74.1 cm³/mol. The molecule has 0 aliphatic heterocycles. The Hall–Kier alpha value is -1.59. The number of rotatable bonds is 5. The van der Waals surface area contributed by atoms with Gasteiger partial charge >= 0.3 is 0 Å². The van der Waals surface area contributed by atoms with Crippen molar-refractivity contribution >= 4 is 17.0 Å². The van der Waals surface area contributed by atoms with Crippen LogP contribution in [0.1, 0.15) is 5.01 Å². The summed E-state index contributed by atoms with van der Waals surface area (Å²) >= 11 is 1.64. The van der Waals surface area contributed by atoms with Crippen LogP contribution in [0.25, 0.3) is 11.3 Å². The summed E-state index contributed by atoms with van der Waals surface area (Å²) in [6.07, 6.45) is 0.840. The van der Waals surface area contributed by atoms with Crippen LogP contribution in [0.3, 0.4) is 0 Å².